The highest BCUT2D eigenvalue weighted by molar-refractivity contribution is 6.01. The van der Waals surface area contributed by atoms with Gasteiger partial charge in [0.2, 0.25) is 0 Å². The molecule has 29 heavy (non-hydrogen) atoms. The lowest BCUT2D eigenvalue weighted by Gasteiger charge is -2.48. The number of ketones is 1. The number of nitrogens with zero attached hydrogens (tertiary/aromatic N) is 2. The van der Waals surface area contributed by atoms with Crippen molar-refractivity contribution in [2.24, 2.45) is 15.6 Å². The molecule has 1 saturated carbocycles. The summed E-state index contributed by atoms with van der Waals surface area (Å²) in [6.07, 6.45) is 9.30. The number of benzene rings is 1. The maximum atomic E-state index is 13.5. The molecule has 1 aromatic rings. The first-order valence-corrected chi connectivity index (χ1v) is 11.2. The van der Waals surface area contributed by atoms with Crippen molar-refractivity contribution in [1.82, 2.24) is 5.32 Å². The number of allylic oxidation sites excluding steroid dienone is 2. The van der Waals surface area contributed by atoms with E-state index < -0.39 is 5.41 Å². The predicted molar refractivity (Wildman–Crippen MR) is 115 cm³/mol. The Bertz CT molecular complexity index is 949. The third kappa shape index (κ3) is 2.83. The molecule has 0 amide bonds. The highest BCUT2D eigenvalue weighted by Gasteiger charge is 2.53. The van der Waals surface area contributed by atoms with Crippen LogP contribution in [-0.2, 0) is 10.2 Å². The zero-order valence-corrected chi connectivity index (χ0v) is 17.8. The second kappa shape index (κ2) is 6.65. The molecule has 0 aromatic heterocycles. The Morgan fingerprint density at radius 2 is 1.97 bits per heavy atom. The van der Waals surface area contributed by atoms with Crippen molar-refractivity contribution >= 4 is 5.78 Å². The van der Waals surface area contributed by atoms with Crippen molar-refractivity contribution in [3.63, 3.8) is 0 Å². The molecule has 2 aliphatic carbocycles. The summed E-state index contributed by atoms with van der Waals surface area (Å²) in [7, 11) is 0. The van der Waals surface area contributed by atoms with Crippen molar-refractivity contribution < 1.29 is 4.79 Å². The fraction of sp³-hybridized carbons (Fsp3) is 0.560. The Morgan fingerprint density at radius 1 is 1.17 bits per heavy atom. The van der Waals surface area contributed by atoms with Crippen molar-refractivity contribution in [2.75, 3.05) is 0 Å². The highest BCUT2D eigenvalue weighted by Crippen LogP contribution is 2.54. The van der Waals surface area contributed by atoms with Crippen LogP contribution in [-0.4, -0.2) is 11.9 Å². The van der Waals surface area contributed by atoms with Gasteiger partial charge in [0.05, 0.1) is 11.6 Å². The summed E-state index contributed by atoms with van der Waals surface area (Å²) in [5, 5.41) is 12.3. The molecule has 0 saturated heterocycles. The van der Waals surface area contributed by atoms with E-state index in [1.807, 2.05) is 6.20 Å². The molecule has 2 aliphatic heterocycles. The number of carbonyl (C=O) groups is 1. The molecule has 152 valence electrons. The first kappa shape index (κ1) is 18.8. The smallest absolute Gasteiger partial charge is 0.164 e. The Labute approximate surface area is 173 Å². The summed E-state index contributed by atoms with van der Waals surface area (Å²) in [6.45, 7) is 6.58. The molecule has 2 atom stereocenters. The lowest BCUT2D eigenvalue weighted by Crippen LogP contribution is -2.51. The van der Waals surface area contributed by atoms with Crippen LogP contribution in [0.3, 0.4) is 0 Å². The fourth-order valence-electron chi connectivity index (χ4n) is 6.21. The second-order valence-corrected chi connectivity index (χ2v) is 10.0. The first-order valence-electron chi connectivity index (χ1n) is 11.2. The summed E-state index contributed by atoms with van der Waals surface area (Å²) < 4.78 is 0. The van der Waals surface area contributed by atoms with E-state index >= 15 is 0 Å². The minimum absolute atomic E-state index is 0.0228. The van der Waals surface area contributed by atoms with Crippen LogP contribution in [0.2, 0.25) is 0 Å². The number of carbonyl (C=O) groups excluding carboxylic acids is 1. The number of hydrogen-bond acceptors (Lipinski definition) is 4. The largest absolute Gasteiger partial charge is 0.362 e. The normalized spacial score (nSPS) is 30.8. The van der Waals surface area contributed by atoms with Gasteiger partial charge in [-0.15, -0.1) is 0 Å². The van der Waals surface area contributed by atoms with E-state index in [9.17, 15) is 4.79 Å². The van der Waals surface area contributed by atoms with E-state index in [-0.39, 0.29) is 17.4 Å². The highest BCUT2D eigenvalue weighted by atomic mass is 16.1. The standard InChI is InChI=1S/C25H31N3O/c1-4-25(18-11-7-10-17(12-18)16-8-5-6-9-16)19-15-26-28-23(19)27-20-13-24(2,3)14-21(29)22(20)25/h7,10-12,15-16,23,27H,4-6,8-9,13-14H2,1-3H3/t23?,25-/m0/s1. The summed E-state index contributed by atoms with van der Waals surface area (Å²) >= 11 is 0. The number of Topliss-reactive ketones (excluding diaryl/α,β-unsaturated/α-hetero) is 1. The molecule has 1 fully saturated rings. The van der Waals surface area contributed by atoms with E-state index in [1.54, 1.807) is 0 Å². The van der Waals surface area contributed by atoms with Crippen LogP contribution >= 0.6 is 0 Å². The van der Waals surface area contributed by atoms with Crippen molar-refractivity contribution in [2.45, 2.75) is 83.2 Å². The van der Waals surface area contributed by atoms with Gasteiger partial charge >= 0.3 is 0 Å². The van der Waals surface area contributed by atoms with Gasteiger partial charge < -0.3 is 5.32 Å². The van der Waals surface area contributed by atoms with Gasteiger partial charge in [-0.2, -0.15) is 10.2 Å². The average molecular weight is 390 g/mol. The maximum Gasteiger partial charge on any atom is 0.164 e. The first-order chi connectivity index (χ1) is 13.9. The molecule has 0 spiro atoms. The third-order valence-electron chi connectivity index (χ3n) is 7.52. The van der Waals surface area contributed by atoms with Crippen LogP contribution in [0.1, 0.15) is 82.8 Å². The molecule has 5 rings (SSSR count). The third-order valence-corrected chi connectivity index (χ3v) is 7.52. The van der Waals surface area contributed by atoms with E-state index in [0.29, 0.717) is 12.3 Å². The number of rotatable bonds is 3. The van der Waals surface area contributed by atoms with Gasteiger partial charge in [0.25, 0.3) is 0 Å². The predicted octanol–water partition coefficient (Wildman–Crippen LogP) is 5.91. The van der Waals surface area contributed by atoms with Gasteiger partial charge in [0.15, 0.2) is 11.9 Å². The molecule has 1 aromatic carbocycles. The molecule has 4 aliphatic rings. The Balaban J connectivity index is 1.70. The molecule has 1 unspecified atom stereocenters. The number of azo groups is 1. The molecular weight excluding hydrogens is 358 g/mol. The molecule has 2 heterocycles. The van der Waals surface area contributed by atoms with E-state index in [2.05, 4.69) is 60.6 Å². The summed E-state index contributed by atoms with van der Waals surface area (Å²) in [6, 6.07) is 9.08. The summed E-state index contributed by atoms with van der Waals surface area (Å²) in [5.41, 5.74) is 5.42. The minimum Gasteiger partial charge on any atom is -0.362 e. The van der Waals surface area contributed by atoms with Gasteiger partial charge in [-0.1, -0.05) is 57.9 Å². The minimum atomic E-state index is -0.420. The topological polar surface area (TPSA) is 53.8 Å². The number of nitrogens with one attached hydrogen (secondary N) is 1. The fourth-order valence-corrected chi connectivity index (χ4v) is 6.21. The van der Waals surface area contributed by atoms with Gasteiger partial charge in [0.1, 0.15) is 0 Å². The molecule has 0 radical (unpaired) electrons. The Morgan fingerprint density at radius 3 is 2.72 bits per heavy atom. The van der Waals surface area contributed by atoms with Crippen LogP contribution in [0.4, 0.5) is 0 Å². The van der Waals surface area contributed by atoms with Crippen LogP contribution in [0.5, 0.6) is 0 Å². The van der Waals surface area contributed by atoms with Crippen molar-refractivity contribution in [3.05, 3.63) is 58.4 Å². The Hall–Kier alpha value is -2.23. The van der Waals surface area contributed by atoms with E-state index in [1.165, 1.54) is 36.8 Å². The summed E-state index contributed by atoms with van der Waals surface area (Å²) in [5.74, 6) is 0.936. The van der Waals surface area contributed by atoms with Crippen molar-refractivity contribution in [3.8, 4) is 0 Å². The average Bonchev–Trinajstić information content (AvgIpc) is 3.37. The van der Waals surface area contributed by atoms with E-state index in [0.717, 1.165) is 29.7 Å². The molecule has 4 nitrogen and oxygen atoms in total. The molecular formula is C25H31N3O. The van der Waals surface area contributed by atoms with Crippen molar-refractivity contribution in [1.29, 1.82) is 0 Å². The zero-order valence-electron chi connectivity index (χ0n) is 17.8. The van der Waals surface area contributed by atoms with Gasteiger partial charge in [-0.3, -0.25) is 4.79 Å². The quantitative estimate of drug-likeness (QED) is 0.698. The molecule has 1 N–H and O–H groups in total. The number of fused-ring (bicyclic) bond motifs is 1. The maximum absolute atomic E-state index is 13.5. The lowest BCUT2D eigenvalue weighted by atomic mass is 9.58. The second-order valence-electron chi connectivity index (χ2n) is 10.0. The lowest BCUT2D eigenvalue weighted by molar-refractivity contribution is -0.119. The monoisotopic (exact) mass is 389 g/mol. The number of hydrogen-bond donors (Lipinski definition) is 1. The van der Waals surface area contributed by atoms with E-state index in [4.69, 9.17) is 0 Å². The Kier molecular flexibility index (Phi) is 4.30. The van der Waals surface area contributed by atoms with Gasteiger partial charge in [-0.05, 0) is 48.1 Å². The van der Waals surface area contributed by atoms with Crippen LogP contribution in [0, 0.1) is 5.41 Å². The van der Waals surface area contributed by atoms with Crippen LogP contribution in [0.15, 0.2) is 57.5 Å². The van der Waals surface area contributed by atoms with Gasteiger partial charge in [0, 0.05) is 23.3 Å². The SMILES string of the molecule is CC[C@]1(c2cccc(C3CCCC3)c2)C2=CN=NC2NC2=C1C(=O)CC(C)(C)C2. The molecule has 4 heteroatoms. The van der Waals surface area contributed by atoms with Crippen LogP contribution in [0.25, 0.3) is 0 Å². The van der Waals surface area contributed by atoms with Crippen LogP contribution < -0.4 is 5.32 Å². The van der Waals surface area contributed by atoms with Gasteiger partial charge in [-0.25, -0.2) is 0 Å². The zero-order chi connectivity index (χ0) is 20.2. The summed E-state index contributed by atoms with van der Waals surface area (Å²) in [4.78, 5) is 13.5. The molecule has 0 bridgehead atoms.